The highest BCUT2D eigenvalue weighted by atomic mass is 16.6. The third kappa shape index (κ3) is 4.52. The lowest BCUT2D eigenvalue weighted by Crippen LogP contribution is -2.45. The van der Waals surface area contributed by atoms with Gasteiger partial charge in [0.15, 0.2) is 0 Å². The number of carbonyl (C=O) groups is 1. The summed E-state index contributed by atoms with van der Waals surface area (Å²) in [6.45, 7) is 11.2. The van der Waals surface area contributed by atoms with Crippen molar-refractivity contribution in [3.05, 3.63) is 18.0 Å². The first-order valence-corrected chi connectivity index (χ1v) is 6.90. The molecular formula is C14H26N4O2. The van der Waals surface area contributed by atoms with E-state index in [0.717, 1.165) is 12.1 Å². The first kappa shape index (κ1) is 16.5. The number of alkyl carbamates (subject to hydrolysis) is 1. The van der Waals surface area contributed by atoms with Crippen LogP contribution in [-0.2, 0) is 16.7 Å². The minimum Gasteiger partial charge on any atom is -0.444 e. The zero-order chi connectivity index (χ0) is 15.4. The van der Waals surface area contributed by atoms with E-state index in [2.05, 4.69) is 10.4 Å². The van der Waals surface area contributed by atoms with Crippen LogP contribution in [0.25, 0.3) is 0 Å². The second-order valence-corrected chi connectivity index (χ2v) is 6.20. The zero-order valence-corrected chi connectivity index (χ0v) is 13.1. The highest BCUT2D eigenvalue weighted by Crippen LogP contribution is 2.21. The Hall–Kier alpha value is -1.56. The van der Waals surface area contributed by atoms with Gasteiger partial charge in [0, 0.05) is 31.2 Å². The van der Waals surface area contributed by atoms with Crippen LogP contribution in [0, 0.1) is 0 Å². The Labute approximate surface area is 120 Å². The molecule has 0 spiro atoms. The van der Waals surface area contributed by atoms with E-state index < -0.39 is 11.7 Å². The van der Waals surface area contributed by atoms with Gasteiger partial charge in [-0.3, -0.25) is 4.68 Å². The van der Waals surface area contributed by atoms with E-state index in [0.29, 0.717) is 13.1 Å². The molecule has 0 bridgehead atoms. The first-order valence-electron chi connectivity index (χ1n) is 6.90. The smallest absolute Gasteiger partial charge is 0.407 e. The van der Waals surface area contributed by atoms with Crippen molar-refractivity contribution in [2.24, 2.45) is 5.73 Å². The summed E-state index contributed by atoms with van der Waals surface area (Å²) in [4.78, 5) is 11.7. The van der Waals surface area contributed by atoms with Crippen LogP contribution in [0.2, 0.25) is 0 Å². The molecule has 3 N–H and O–H groups in total. The molecule has 1 amide bonds. The van der Waals surface area contributed by atoms with Crippen molar-refractivity contribution < 1.29 is 9.53 Å². The van der Waals surface area contributed by atoms with Crippen LogP contribution in [0.15, 0.2) is 12.4 Å². The molecule has 0 aliphatic heterocycles. The number of carbonyl (C=O) groups excluding carboxylic acids is 1. The maximum atomic E-state index is 11.7. The van der Waals surface area contributed by atoms with Crippen molar-refractivity contribution in [3.8, 4) is 0 Å². The minimum absolute atomic E-state index is 0.357. The Morgan fingerprint density at radius 1 is 1.45 bits per heavy atom. The van der Waals surface area contributed by atoms with Gasteiger partial charge in [-0.2, -0.15) is 5.10 Å². The Morgan fingerprint density at radius 2 is 2.10 bits per heavy atom. The maximum Gasteiger partial charge on any atom is 0.407 e. The number of nitrogens with zero attached hydrogens (tertiary/aromatic N) is 2. The van der Waals surface area contributed by atoms with Crippen LogP contribution >= 0.6 is 0 Å². The third-order valence-corrected chi connectivity index (χ3v) is 3.13. The van der Waals surface area contributed by atoms with Gasteiger partial charge in [0.05, 0.1) is 6.20 Å². The normalized spacial score (nSPS) is 14.7. The summed E-state index contributed by atoms with van der Waals surface area (Å²) in [7, 11) is 0. The van der Waals surface area contributed by atoms with Crippen LogP contribution in [0.4, 0.5) is 4.79 Å². The van der Waals surface area contributed by atoms with Crippen molar-refractivity contribution in [1.29, 1.82) is 0 Å². The maximum absolute atomic E-state index is 11.7. The number of amides is 1. The van der Waals surface area contributed by atoms with E-state index in [1.54, 1.807) is 6.20 Å². The Balaban J connectivity index is 2.68. The summed E-state index contributed by atoms with van der Waals surface area (Å²) in [5.41, 5.74) is 6.03. The van der Waals surface area contributed by atoms with E-state index >= 15 is 0 Å². The number of hydrogen-bond donors (Lipinski definition) is 2. The molecule has 1 unspecified atom stereocenters. The lowest BCUT2D eigenvalue weighted by Gasteiger charge is -2.28. The average molecular weight is 282 g/mol. The molecular weight excluding hydrogens is 256 g/mol. The molecule has 0 aromatic carbocycles. The summed E-state index contributed by atoms with van der Waals surface area (Å²) < 4.78 is 7.07. The van der Waals surface area contributed by atoms with Gasteiger partial charge in [-0.25, -0.2) is 4.79 Å². The van der Waals surface area contributed by atoms with Crippen LogP contribution < -0.4 is 11.1 Å². The van der Waals surface area contributed by atoms with Gasteiger partial charge in [0.25, 0.3) is 0 Å². The number of nitrogens with two attached hydrogens (primary N) is 1. The van der Waals surface area contributed by atoms with Crippen molar-refractivity contribution in [3.63, 3.8) is 0 Å². The molecule has 0 aliphatic carbocycles. The minimum atomic E-state index is -0.504. The van der Waals surface area contributed by atoms with Gasteiger partial charge in [-0.05, 0) is 33.3 Å². The van der Waals surface area contributed by atoms with Gasteiger partial charge in [-0.15, -0.1) is 0 Å². The molecule has 20 heavy (non-hydrogen) atoms. The number of nitrogens with one attached hydrogen (secondary N) is 1. The summed E-state index contributed by atoms with van der Waals surface area (Å²) in [5.74, 6) is 0. The molecule has 0 saturated heterocycles. The lowest BCUT2D eigenvalue weighted by molar-refractivity contribution is 0.0516. The predicted molar refractivity (Wildman–Crippen MR) is 78.5 cm³/mol. The molecule has 114 valence electrons. The van der Waals surface area contributed by atoms with E-state index in [-0.39, 0.29) is 5.41 Å². The highest BCUT2D eigenvalue weighted by molar-refractivity contribution is 5.67. The van der Waals surface area contributed by atoms with Gasteiger partial charge in [0.1, 0.15) is 5.60 Å². The first-order chi connectivity index (χ1) is 9.20. The number of aryl methyl sites for hydroxylation is 1. The molecule has 1 atom stereocenters. The molecule has 1 heterocycles. The number of ether oxygens (including phenoxy) is 1. The fourth-order valence-corrected chi connectivity index (χ4v) is 1.72. The quantitative estimate of drug-likeness (QED) is 0.860. The van der Waals surface area contributed by atoms with Crippen molar-refractivity contribution in [2.45, 2.75) is 52.2 Å². The summed E-state index contributed by atoms with van der Waals surface area (Å²) in [5, 5.41) is 7.03. The monoisotopic (exact) mass is 282 g/mol. The van der Waals surface area contributed by atoms with Crippen LogP contribution in [0.5, 0.6) is 0 Å². The lowest BCUT2D eigenvalue weighted by atomic mass is 9.84. The molecule has 1 aromatic heterocycles. The van der Waals surface area contributed by atoms with Gasteiger partial charge in [0.2, 0.25) is 0 Å². The van der Waals surface area contributed by atoms with E-state index in [1.807, 2.05) is 45.5 Å². The topological polar surface area (TPSA) is 82.2 Å². The van der Waals surface area contributed by atoms with Crippen LogP contribution in [0.1, 0.15) is 40.2 Å². The van der Waals surface area contributed by atoms with Gasteiger partial charge < -0.3 is 15.8 Å². The van der Waals surface area contributed by atoms with Crippen LogP contribution in [-0.4, -0.2) is 34.6 Å². The summed E-state index contributed by atoms with van der Waals surface area (Å²) in [6, 6.07) is 0. The molecule has 0 radical (unpaired) electrons. The van der Waals surface area contributed by atoms with Crippen LogP contribution in [0.3, 0.4) is 0 Å². The van der Waals surface area contributed by atoms with Crippen molar-refractivity contribution in [2.75, 3.05) is 13.1 Å². The second kappa shape index (κ2) is 6.26. The third-order valence-electron chi connectivity index (χ3n) is 3.13. The van der Waals surface area contributed by atoms with Gasteiger partial charge >= 0.3 is 6.09 Å². The fourth-order valence-electron chi connectivity index (χ4n) is 1.72. The molecule has 0 aliphatic rings. The SMILES string of the molecule is CCn1cc(C(C)(CN)CNC(=O)OC(C)(C)C)cn1. The fraction of sp³-hybridized carbons (Fsp3) is 0.714. The number of rotatable bonds is 5. The predicted octanol–water partition coefficient (Wildman–Crippen LogP) is 1.64. The summed E-state index contributed by atoms with van der Waals surface area (Å²) >= 11 is 0. The zero-order valence-electron chi connectivity index (χ0n) is 13.1. The average Bonchev–Trinajstić information content (AvgIpc) is 2.83. The molecule has 6 nitrogen and oxygen atoms in total. The number of hydrogen-bond acceptors (Lipinski definition) is 4. The summed E-state index contributed by atoms with van der Waals surface area (Å²) in [6.07, 6.45) is 3.33. The Morgan fingerprint density at radius 3 is 2.55 bits per heavy atom. The van der Waals surface area contributed by atoms with E-state index in [4.69, 9.17) is 10.5 Å². The number of aromatic nitrogens is 2. The molecule has 6 heteroatoms. The standard InChI is InChI=1S/C14H26N4O2/c1-6-18-8-11(7-17-18)14(5,9-15)10-16-12(19)20-13(2,3)4/h7-8H,6,9-10,15H2,1-5H3,(H,16,19). The van der Waals surface area contributed by atoms with Crippen molar-refractivity contribution in [1.82, 2.24) is 15.1 Å². The van der Waals surface area contributed by atoms with E-state index in [9.17, 15) is 4.79 Å². The molecule has 1 aromatic rings. The Bertz CT molecular complexity index is 450. The van der Waals surface area contributed by atoms with E-state index in [1.165, 1.54) is 0 Å². The second-order valence-electron chi connectivity index (χ2n) is 6.20. The molecule has 1 rings (SSSR count). The largest absolute Gasteiger partial charge is 0.444 e. The van der Waals surface area contributed by atoms with Crippen molar-refractivity contribution >= 4 is 6.09 Å². The molecule has 0 saturated carbocycles. The van der Waals surface area contributed by atoms with Gasteiger partial charge in [-0.1, -0.05) is 6.92 Å². The highest BCUT2D eigenvalue weighted by Gasteiger charge is 2.28. The molecule has 0 fully saturated rings. The Kier molecular flexibility index (Phi) is 5.16.